The Labute approximate surface area is 126 Å². The third-order valence-electron chi connectivity index (χ3n) is 2.61. The van der Waals surface area contributed by atoms with Crippen LogP contribution in [0.25, 0.3) is 0 Å². The summed E-state index contributed by atoms with van der Waals surface area (Å²) in [5, 5.41) is 3.29. The van der Waals surface area contributed by atoms with Crippen LogP contribution in [0.2, 0.25) is 0 Å². The minimum atomic E-state index is -0.349. The first-order valence-corrected chi connectivity index (χ1v) is 7.15. The minimum Gasteiger partial charge on any atom is -0.457 e. The highest BCUT2D eigenvalue weighted by Crippen LogP contribution is 2.25. The molecule has 2 aromatic rings. The van der Waals surface area contributed by atoms with Gasteiger partial charge in [0.1, 0.15) is 17.3 Å². The normalized spacial score (nSPS) is 10.8. The second kappa shape index (κ2) is 6.81. The number of benzene rings is 1. The first-order valence-electron chi connectivity index (χ1n) is 6.36. The van der Waals surface area contributed by atoms with Crippen LogP contribution in [0.3, 0.4) is 0 Å². The van der Waals surface area contributed by atoms with E-state index in [1.807, 2.05) is 6.07 Å². The van der Waals surface area contributed by atoms with Crippen LogP contribution in [0, 0.1) is 5.82 Å². The zero-order chi connectivity index (χ0) is 14.5. The number of hydrogen-bond donors (Lipinski definition) is 1. The molecule has 5 heteroatoms. The third-order valence-corrected chi connectivity index (χ3v) is 3.25. The first kappa shape index (κ1) is 14.9. The van der Waals surface area contributed by atoms with E-state index in [4.69, 9.17) is 4.74 Å². The van der Waals surface area contributed by atoms with Crippen molar-refractivity contribution in [2.45, 2.75) is 26.4 Å². The number of pyridine rings is 1. The summed E-state index contributed by atoms with van der Waals surface area (Å²) in [6.45, 7) is 4.82. The van der Waals surface area contributed by atoms with Crippen LogP contribution in [0.1, 0.15) is 19.5 Å². The van der Waals surface area contributed by atoms with Gasteiger partial charge in [0.15, 0.2) is 0 Å². The van der Waals surface area contributed by atoms with Gasteiger partial charge in [0.25, 0.3) is 0 Å². The quantitative estimate of drug-likeness (QED) is 0.883. The van der Waals surface area contributed by atoms with Crippen LogP contribution in [-0.4, -0.2) is 11.0 Å². The standard InChI is InChI=1S/C15H16BrFN2O/c1-10(2)19-9-11-7-13(5-6-18-11)20-12-3-4-14(16)15(17)8-12/h3-8,10,19H,9H2,1-2H3. The molecule has 20 heavy (non-hydrogen) atoms. The predicted molar refractivity (Wildman–Crippen MR) is 80.4 cm³/mol. The molecule has 106 valence electrons. The van der Waals surface area contributed by atoms with Crippen molar-refractivity contribution in [3.63, 3.8) is 0 Å². The van der Waals surface area contributed by atoms with E-state index in [1.165, 1.54) is 6.07 Å². The Morgan fingerprint density at radius 1 is 1.25 bits per heavy atom. The Bertz CT molecular complexity index is 590. The van der Waals surface area contributed by atoms with Gasteiger partial charge in [-0.05, 0) is 34.1 Å². The molecule has 0 saturated carbocycles. The van der Waals surface area contributed by atoms with Crippen molar-refractivity contribution in [3.8, 4) is 11.5 Å². The Morgan fingerprint density at radius 3 is 2.70 bits per heavy atom. The molecule has 0 aliphatic rings. The Balaban J connectivity index is 2.08. The van der Waals surface area contributed by atoms with Gasteiger partial charge in [-0.15, -0.1) is 0 Å². The van der Waals surface area contributed by atoms with Gasteiger partial charge in [0, 0.05) is 30.9 Å². The molecular formula is C15H16BrFN2O. The van der Waals surface area contributed by atoms with Gasteiger partial charge in [-0.2, -0.15) is 0 Å². The summed E-state index contributed by atoms with van der Waals surface area (Å²) >= 11 is 3.11. The van der Waals surface area contributed by atoms with Crippen molar-refractivity contribution in [1.29, 1.82) is 0 Å². The summed E-state index contributed by atoms with van der Waals surface area (Å²) < 4.78 is 19.5. The van der Waals surface area contributed by atoms with Gasteiger partial charge >= 0.3 is 0 Å². The molecule has 0 aliphatic carbocycles. The molecule has 3 nitrogen and oxygen atoms in total. The number of halogens is 2. The molecule has 0 unspecified atom stereocenters. The van der Waals surface area contributed by atoms with E-state index < -0.39 is 0 Å². The lowest BCUT2D eigenvalue weighted by Gasteiger charge is -2.10. The van der Waals surface area contributed by atoms with Gasteiger partial charge in [-0.1, -0.05) is 13.8 Å². The molecule has 0 radical (unpaired) electrons. The summed E-state index contributed by atoms with van der Waals surface area (Å²) in [5.41, 5.74) is 0.883. The maximum Gasteiger partial charge on any atom is 0.141 e. The lowest BCUT2D eigenvalue weighted by Crippen LogP contribution is -2.22. The molecule has 1 aromatic heterocycles. The fourth-order valence-electron chi connectivity index (χ4n) is 1.60. The molecule has 0 aliphatic heterocycles. The zero-order valence-electron chi connectivity index (χ0n) is 11.4. The fraction of sp³-hybridized carbons (Fsp3) is 0.267. The maximum absolute atomic E-state index is 13.4. The molecule has 2 rings (SSSR count). The van der Waals surface area contributed by atoms with Gasteiger partial charge in [-0.25, -0.2) is 4.39 Å². The number of nitrogens with zero attached hydrogens (tertiary/aromatic N) is 1. The lowest BCUT2D eigenvalue weighted by molar-refractivity contribution is 0.473. The second-order valence-electron chi connectivity index (χ2n) is 4.70. The van der Waals surface area contributed by atoms with E-state index >= 15 is 0 Å². The minimum absolute atomic E-state index is 0.349. The molecule has 1 N–H and O–H groups in total. The van der Waals surface area contributed by atoms with Gasteiger partial charge in [0.2, 0.25) is 0 Å². The number of rotatable bonds is 5. The number of nitrogens with one attached hydrogen (secondary N) is 1. The molecule has 0 amide bonds. The highest BCUT2D eigenvalue weighted by atomic mass is 79.9. The summed E-state index contributed by atoms with van der Waals surface area (Å²) in [4.78, 5) is 4.26. The number of aromatic nitrogens is 1. The highest BCUT2D eigenvalue weighted by molar-refractivity contribution is 9.10. The van der Waals surface area contributed by atoms with Crippen molar-refractivity contribution in [1.82, 2.24) is 10.3 Å². The second-order valence-corrected chi connectivity index (χ2v) is 5.55. The van der Waals surface area contributed by atoms with E-state index in [9.17, 15) is 4.39 Å². The van der Waals surface area contributed by atoms with E-state index in [0.717, 1.165) is 5.69 Å². The maximum atomic E-state index is 13.4. The van der Waals surface area contributed by atoms with E-state index in [2.05, 4.69) is 40.1 Å². The zero-order valence-corrected chi connectivity index (χ0v) is 12.9. The lowest BCUT2D eigenvalue weighted by atomic mass is 10.3. The highest BCUT2D eigenvalue weighted by Gasteiger charge is 2.04. The Kier molecular flexibility index (Phi) is 5.09. The van der Waals surface area contributed by atoms with Crippen molar-refractivity contribution in [2.24, 2.45) is 0 Å². The largest absolute Gasteiger partial charge is 0.457 e. The molecule has 0 atom stereocenters. The van der Waals surface area contributed by atoms with Crippen molar-refractivity contribution in [2.75, 3.05) is 0 Å². The first-order chi connectivity index (χ1) is 9.54. The number of hydrogen-bond acceptors (Lipinski definition) is 3. The van der Waals surface area contributed by atoms with Crippen molar-refractivity contribution >= 4 is 15.9 Å². The molecule has 1 aromatic carbocycles. The summed E-state index contributed by atoms with van der Waals surface area (Å²) in [6, 6.07) is 8.65. The molecule has 0 spiro atoms. The summed E-state index contributed by atoms with van der Waals surface area (Å²) in [6.07, 6.45) is 1.68. The monoisotopic (exact) mass is 338 g/mol. The van der Waals surface area contributed by atoms with Gasteiger partial charge < -0.3 is 10.1 Å². The van der Waals surface area contributed by atoms with Gasteiger partial charge in [0.05, 0.1) is 10.2 Å². The van der Waals surface area contributed by atoms with Crippen molar-refractivity contribution < 1.29 is 9.13 Å². The topological polar surface area (TPSA) is 34.1 Å². The van der Waals surface area contributed by atoms with Crippen LogP contribution >= 0.6 is 15.9 Å². The van der Waals surface area contributed by atoms with E-state index in [0.29, 0.717) is 28.6 Å². The third kappa shape index (κ3) is 4.28. The predicted octanol–water partition coefficient (Wildman–Crippen LogP) is 4.27. The summed E-state index contributed by atoms with van der Waals surface area (Å²) in [5.74, 6) is 0.750. The molecule has 1 heterocycles. The molecule has 0 fully saturated rings. The van der Waals surface area contributed by atoms with E-state index in [-0.39, 0.29) is 5.82 Å². The van der Waals surface area contributed by atoms with Crippen LogP contribution < -0.4 is 10.1 Å². The van der Waals surface area contributed by atoms with Crippen LogP contribution in [0.15, 0.2) is 41.0 Å². The SMILES string of the molecule is CC(C)NCc1cc(Oc2ccc(Br)c(F)c2)ccn1. The molecular weight excluding hydrogens is 323 g/mol. The smallest absolute Gasteiger partial charge is 0.141 e. The molecule has 0 saturated heterocycles. The van der Waals surface area contributed by atoms with Crippen molar-refractivity contribution in [3.05, 3.63) is 52.5 Å². The van der Waals surface area contributed by atoms with E-state index in [1.54, 1.807) is 24.4 Å². The van der Waals surface area contributed by atoms with Crippen LogP contribution in [0.5, 0.6) is 11.5 Å². The van der Waals surface area contributed by atoms with Crippen LogP contribution in [-0.2, 0) is 6.54 Å². The van der Waals surface area contributed by atoms with Gasteiger partial charge in [-0.3, -0.25) is 4.98 Å². The Morgan fingerprint density at radius 2 is 2.00 bits per heavy atom. The molecule has 0 bridgehead atoms. The Hall–Kier alpha value is -1.46. The average Bonchev–Trinajstić information content (AvgIpc) is 2.41. The summed E-state index contributed by atoms with van der Waals surface area (Å²) in [7, 11) is 0. The van der Waals surface area contributed by atoms with Crippen LogP contribution in [0.4, 0.5) is 4.39 Å². The fourth-order valence-corrected chi connectivity index (χ4v) is 1.85. The number of ether oxygens (including phenoxy) is 1. The average molecular weight is 339 g/mol.